The monoisotopic (exact) mass is 299 g/mol. The molecule has 6 heteroatoms. The zero-order chi connectivity index (χ0) is 13.8. The van der Waals surface area contributed by atoms with Gasteiger partial charge in [-0.25, -0.2) is 9.18 Å². The van der Waals surface area contributed by atoms with Gasteiger partial charge in [0.1, 0.15) is 11.6 Å². The zero-order valence-electron chi connectivity index (χ0n) is 9.49. The zero-order valence-corrected chi connectivity index (χ0v) is 11.0. The van der Waals surface area contributed by atoms with Crippen LogP contribution in [0.3, 0.4) is 0 Å². The molecular formula is C13H8Cl2FNO2. The van der Waals surface area contributed by atoms with Crippen molar-refractivity contribution in [2.24, 2.45) is 0 Å². The van der Waals surface area contributed by atoms with Gasteiger partial charge < -0.3 is 4.74 Å². The predicted molar refractivity (Wildman–Crippen MR) is 72.5 cm³/mol. The van der Waals surface area contributed by atoms with E-state index in [0.717, 1.165) is 0 Å². The summed E-state index contributed by atoms with van der Waals surface area (Å²) in [7, 11) is 0. The second-order valence-electron chi connectivity index (χ2n) is 3.57. The minimum atomic E-state index is -0.816. The Labute approximate surface area is 118 Å². The van der Waals surface area contributed by atoms with E-state index < -0.39 is 11.9 Å². The summed E-state index contributed by atoms with van der Waals surface area (Å²) in [5, 5.41) is 2.89. The van der Waals surface area contributed by atoms with E-state index in [1.54, 1.807) is 6.07 Å². The Morgan fingerprint density at radius 1 is 1.11 bits per heavy atom. The topological polar surface area (TPSA) is 38.3 Å². The summed E-state index contributed by atoms with van der Waals surface area (Å²) in [5.41, 5.74) is 0.0348. The van der Waals surface area contributed by atoms with Crippen LogP contribution in [0.25, 0.3) is 0 Å². The third-order valence-corrected chi connectivity index (χ3v) is 2.95. The molecule has 2 aromatic carbocycles. The Kier molecular flexibility index (Phi) is 4.24. The normalized spacial score (nSPS) is 10.1. The highest BCUT2D eigenvalue weighted by atomic mass is 35.5. The lowest BCUT2D eigenvalue weighted by molar-refractivity contribution is 0.215. The van der Waals surface area contributed by atoms with E-state index in [1.165, 1.54) is 36.4 Å². The SMILES string of the molecule is O=C(Nc1ccccc1F)Oc1ccc(Cl)c(Cl)c1. The fourth-order valence-electron chi connectivity index (χ4n) is 1.35. The molecule has 19 heavy (non-hydrogen) atoms. The number of rotatable bonds is 2. The molecule has 0 saturated carbocycles. The fourth-order valence-corrected chi connectivity index (χ4v) is 1.63. The molecule has 0 heterocycles. The summed E-state index contributed by atoms with van der Waals surface area (Å²) < 4.78 is 18.2. The van der Waals surface area contributed by atoms with Crippen LogP contribution in [0.2, 0.25) is 10.0 Å². The maximum absolute atomic E-state index is 13.3. The Bertz CT molecular complexity index is 619. The van der Waals surface area contributed by atoms with Gasteiger partial charge in [0.05, 0.1) is 15.7 Å². The third-order valence-electron chi connectivity index (χ3n) is 2.21. The number of amides is 1. The van der Waals surface area contributed by atoms with Crippen molar-refractivity contribution < 1.29 is 13.9 Å². The molecule has 98 valence electrons. The number of carbonyl (C=O) groups is 1. The highest BCUT2D eigenvalue weighted by molar-refractivity contribution is 6.42. The van der Waals surface area contributed by atoms with Crippen LogP contribution in [0.1, 0.15) is 0 Å². The van der Waals surface area contributed by atoms with Crippen molar-refractivity contribution >= 4 is 35.0 Å². The van der Waals surface area contributed by atoms with Crippen LogP contribution < -0.4 is 10.1 Å². The van der Waals surface area contributed by atoms with Crippen LogP contribution in [0.4, 0.5) is 14.9 Å². The molecular weight excluding hydrogens is 292 g/mol. The number of carbonyl (C=O) groups excluding carboxylic acids is 1. The van der Waals surface area contributed by atoms with E-state index in [1.807, 2.05) is 0 Å². The molecule has 0 unspecified atom stereocenters. The smallest absolute Gasteiger partial charge is 0.410 e. The first-order chi connectivity index (χ1) is 9.06. The molecule has 0 spiro atoms. The lowest BCUT2D eigenvalue weighted by Crippen LogP contribution is -2.17. The molecule has 0 saturated heterocycles. The van der Waals surface area contributed by atoms with Crippen molar-refractivity contribution in [2.75, 3.05) is 5.32 Å². The summed E-state index contributed by atoms with van der Waals surface area (Å²) in [6.07, 6.45) is -0.816. The van der Waals surface area contributed by atoms with Gasteiger partial charge in [0.25, 0.3) is 0 Å². The molecule has 0 aliphatic rings. The number of halogens is 3. The average molecular weight is 300 g/mol. The van der Waals surface area contributed by atoms with E-state index in [4.69, 9.17) is 27.9 Å². The van der Waals surface area contributed by atoms with Gasteiger partial charge >= 0.3 is 6.09 Å². The van der Waals surface area contributed by atoms with E-state index in [-0.39, 0.29) is 16.5 Å². The van der Waals surface area contributed by atoms with Crippen LogP contribution in [-0.2, 0) is 0 Å². The maximum Gasteiger partial charge on any atom is 0.417 e. The van der Waals surface area contributed by atoms with Crippen LogP contribution >= 0.6 is 23.2 Å². The molecule has 0 fully saturated rings. The second-order valence-corrected chi connectivity index (χ2v) is 4.38. The molecule has 0 atom stereocenters. The lowest BCUT2D eigenvalue weighted by atomic mass is 10.3. The first kappa shape index (κ1) is 13.6. The Hall–Kier alpha value is -1.78. The van der Waals surface area contributed by atoms with E-state index in [0.29, 0.717) is 5.02 Å². The van der Waals surface area contributed by atoms with Crippen LogP contribution in [0.15, 0.2) is 42.5 Å². The van der Waals surface area contributed by atoms with Crippen LogP contribution in [0, 0.1) is 5.82 Å². The molecule has 2 rings (SSSR count). The first-order valence-electron chi connectivity index (χ1n) is 5.24. The molecule has 3 nitrogen and oxygen atoms in total. The van der Waals surface area contributed by atoms with Gasteiger partial charge in [-0.1, -0.05) is 35.3 Å². The Morgan fingerprint density at radius 3 is 2.53 bits per heavy atom. The second kappa shape index (κ2) is 5.91. The standard InChI is InChI=1S/C13H8Cl2FNO2/c14-9-6-5-8(7-10(9)15)19-13(18)17-12-4-2-1-3-11(12)16/h1-7H,(H,17,18). The number of ether oxygens (including phenoxy) is 1. The van der Waals surface area contributed by atoms with Gasteiger partial charge in [0, 0.05) is 6.07 Å². The molecule has 1 amide bonds. The van der Waals surface area contributed by atoms with Crippen molar-refractivity contribution in [2.45, 2.75) is 0 Å². The van der Waals surface area contributed by atoms with Gasteiger partial charge in [-0.15, -0.1) is 0 Å². The number of anilines is 1. The quantitative estimate of drug-likeness (QED) is 0.869. The van der Waals surface area contributed by atoms with Gasteiger partial charge in [0.2, 0.25) is 0 Å². The van der Waals surface area contributed by atoms with E-state index in [9.17, 15) is 9.18 Å². The molecule has 0 radical (unpaired) electrons. The average Bonchev–Trinajstić information content (AvgIpc) is 2.37. The highest BCUT2D eigenvalue weighted by Gasteiger charge is 2.09. The molecule has 0 aromatic heterocycles. The van der Waals surface area contributed by atoms with Gasteiger partial charge in [-0.2, -0.15) is 0 Å². The third kappa shape index (κ3) is 3.59. The number of nitrogens with one attached hydrogen (secondary N) is 1. The van der Waals surface area contributed by atoms with Crippen molar-refractivity contribution in [1.82, 2.24) is 0 Å². The van der Waals surface area contributed by atoms with Gasteiger partial charge in [-0.05, 0) is 24.3 Å². The summed E-state index contributed by atoms with van der Waals surface area (Å²) >= 11 is 11.5. The predicted octanol–water partition coefficient (Wildman–Crippen LogP) is 4.74. The van der Waals surface area contributed by atoms with Crippen molar-refractivity contribution in [3.63, 3.8) is 0 Å². The van der Waals surface area contributed by atoms with E-state index in [2.05, 4.69) is 5.32 Å². The Balaban J connectivity index is 2.05. The fraction of sp³-hybridized carbons (Fsp3) is 0. The molecule has 1 N–H and O–H groups in total. The van der Waals surface area contributed by atoms with Crippen LogP contribution in [-0.4, -0.2) is 6.09 Å². The number of benzene rings is 2. The number of hydrogen-bond acceptors (Lipinski definition) is 2. The molecule has 0 aliphatic heterocycles. The number of para-hydroxylation sites is 1. The van der Waals surface area contributed by atoms with Crippen LogP contribution in [0.5, 0.6) is 5.75 Å². The summed E-state index contributed by atoms with van der Waals surface area (Å²) in [6, 6.07) is 10.1. The van der Waals surface area contributed by atoms with Gasteiger partial charge in [-0.3, -0.25) is 5.32 Å². The van der Waals surface area contributed by atoms with Crippen molar-refractivity contribution in [3.05, 3.63) is 58.3 Å². The first-order valence-corrected chi connectivity index (χ1v) is 6.00. The van der Waals surface area contributed by atoms with Crippen molar-refractivity contribution in [3.8, 4) is 5.75 Å². The maximum atomic E-state index is 13.3. The largest absolute Gasteiger partial charge is 0.417 e. The molecule has 0 aliphatic carbocycles. The molecule has 2 aromatic rings. The lowest BCUT2D eigenvalue weighted by Gasteiger charge is -2.07. The van der Waals surface area contributed by atoms with E-state index >= 15 is 0 Å². The minimum Gasteiger partial charge on any atom is -0.410 e. The van der Waals surface area contributed by atoms with Gasteiger partial charge in [0.15, 0.2) is 0 Å². The van der Waals surface area contributed by atoms with Crippen molar-refractivity contribution in [1.29, 1.82) is 0 Å². The minimum absolute atomic E-state index is 0.0348. The highest BCUT2D eigenvalue weighted by Crippen LogP contribution is 2.26. The summed E-state index contributed by atoms with van der Waals surface area (Å²) in [6.45, 7) is 0. The summed E-state index contributed by atoms with van der Waals surface area (Å²) in [5.74, 6) is -0.336. The Morgan fingerprint density at radius 2 is 1.84 bits per heavy atom. The summed E-state index contributed by atoms with van der Waals surface area (Å²) in [4.78, 5) is 11.6. The molecule has 0 bridgehead atoms. The number of hydrogen-bond donors (Lipinski definition) is 1.